The van der Waals surface area contributed by atoms with E-state index in [4.69, 9.17) is 0 Å². The van der Waals surface area contributed by atoms with Gasteiger partial charge in [-0.3, -0.25) is 4.79 Å². The number of aliphatic hydroxyl groups excluding tert-OH is 1. The molecule has 19 heavy (non-hydrogen) atoms. The third kappa shape index (κ3) is 5.42. The molecule has 0 saturated carbocycles. The SMILES string of the molecule is CCC(=O)c1ccc(C(O)CCCC(F)(F)F)cc1. The normalized spacial score (nSPS) is 13.3. The second-order valence-electron chi connectivity index (χ2n) is 4.42. The fourth-order valence-corrected chi connectivity index (χ4v) is 1.76. The molecular weight excluding hydrogens is 257 g/mol. The number of hydrogen-bond donors (Lipinski definition) is 1. The van der Waals surface area contributed by atoms with Crippen LogP contribution >= 0.6 is 0 Å². The first kappa shape index (κ1) is 15.7. The van der Waals surface area contributed by atoms with Gasteiger partial charge < -0.3 is 5.11 Å². The van der Waals surface area contributed by atoms with Crippen molar-refractivity contribution in [1.29, 1.82) is 0 Å². The highest BCUT2D eigenvalue weighted by atomic mass is 19.4. The lowest BCUT2D eigenvalue weighted by Crippen LogP contribution is -2.08. The van der Waals surface area contributed by atoms with Gasteiger partial charge in [0.2, 0.25) is 0 Å². The van der Waals surface area contributed by atoms with Gasteiger partial charge in [0, 0.05) is 18.4 Å². The first-order valence-corrected chi connectivity index (χ1v) is 6.21. The molecule has 0 aliphatic heterocycles. The largest absolute Gasteiger partial charge is 0.389 e. The Hall–Kier alpha value is -1.36. The smallest absolute Gasteiger partial charge is 0.388 e. The summed E-state index contributed by atoms with van der Waals surface area (Å²) in [6.45, 7) is 1.75. The van der Waals surface area contributed by atoms with Crippen LogP contribution < -0.4 is 0 Å². The summed E-state index contributed by atoms with van der Waals surface area (Å²) in [6.07, 6.45) is -5.66. The van der Waals surface area contributed by atoms with E-state index < -0.39 is 18.7 Å². The van der Waals surface area contributed by atoms with Crippen LogP contribution in [-0.2, 0) is 0 Å². The van der Waals surface area contributed by atoms with Crippen molar-refractivity contribution < 1.29 is 23.1 Å². The van der Waals surface area contributed by atoms with Crippen molar-refractivity contribution in [2.75, 3.05) is 0 Å². The van der Waals surface area contributed by atoms with Crippen molar-refractivity contribution in [2.24, 2.45) is 0 Å². The zero-order valence-electron chi connectivity index (χ0n) is 10.7. The van der Waals surface area contributed by atoms with Crippen LogP contribution in [0.25, 0.3) is 0 Å². The Morgan fingerprint density at radius 3 is 2.32 bits per heavy atom. The van der Waals surface area contributed by atoms with Crippen LogP contribution in [0.5, 0.6) is 0 Å². The summed E-state index contributed by atoms with van der Waals surface area (Å²) in [5.74, 6) is -0.00175. The molecule has 0 aliphatic carbocycles. The summed E-state index contributed by atoms with van der Waals surface area (Å²) in [6, 6.07) is 6.35. The van der Waals surface area contributed by atoms with Gasteiger partial charge in [-0.25, -0.2) is 0 Å². The Kier molecular flexibility index (Phi) is 5.54. The third-order valence-corrected chi connectivity index (χ3v) is 2.88. The quantitative estimate of drug-likeness (QED) is 0.795. The first-order valence-electron chi connectivity index (χ1n) is 6.21. The maximum atomic E-state index is 12.0. The molecule has 1 rings (SSSR count). The van der Waals surface area contributed by atoms with E-state index in [0.717, 1.165) is 0 Å². The second kappa shape index (κ2) is 6.70. The lowest BCUT2D eigenvalue weighted by Gasteiger charge is -2.12. The second-order valence-corrected chi connectivity index (χ2v) is 4.42. The topological polar surface area (TPSA) is 37.3 Å². The summed E-state index contributed by atoms with van der Waals surface area (Å²) >= 11 is 0. The number of rotatable bonds is 6. The maximum Gasteiger partial charge on any atom is 0.389 e. The van der Waals surface area contributed by atoms with E-state index in [2.05, 4.69) is 0 Å². The van der Waals surface area contributed by atoms with Crippen LogP contribution in [0.15, 0.2) is 24.3 Å². The van der Waals surface area contributed by atoms with E-state index in [1.807, 2.05) is 0 Å². The van der Waals surface area contributed by atoms with Gasteiger partial charge in [-0.05, 0) is 18.4 Å². The van der Waals surface area contributed by atoms with Gasteiger partial charge in [0.15, 0.2) is 5.78 Å². The number of aliphatic hydroxyl groups is 1. The number of halogens is 3. The summed E-state index contributed by atoms with van der Waals surface area (Å²) in [4.78, 5) is 11.4. The summed E-state index contributed by atoms with van der Waals surface area (Å²) in [7, 11) is 0. The van der Waals surface area contributed by atoms with Crippen LogP contribution in [0, 0.1) is 0 Å². The van der Waals surface area contributed by atoms with Crippen LogP contribution in [-0.4, -0.2) is 17.1 Å². The van der Waals surface area contributed by atoms with E-state index in [-0.39, 0.29) is 18.6 Å². The molecule has 5 heteroatoms. The monoisotopic (exact) mass is 274 g/mol. The fourth-order valence-electron chi connectivity index (χ4n) is 1.76. The van der Waals surface area contributed by atoms with E-state index >= 15 is 0 Å². The van der Waals surface area contributed by atoms with Gasteiger partial charge >= 0.3 is 6.18 Å². The Morgan fingerprint density at radius 1 is 1.26 bits per heavy atom. The maximum absolute atomic E-state index is 12.0. The summed E-state index contributed by atoms with van der Waals surface area (Å²) < 4.78 is 35.9. The number of ketones is 1. The van der Waals surface area contributed by atoms with Gasteiger partial charge in [0.05, 0.1) is 6.10 Å². The average Bonchev–Trinajstić information content (AvgIpc) is 2.36. The summed E-state index contributed by atoms with van der Waals surface area (Å²) in [5, 5.41) is 9.75. The number of carbonyl (C=O) groups is 1. The minimum absolute atomic E-state index is 0.00175. The molecule has 1 aromatic carbocycles. The van der Waals surface area contributed by atoms with Crippen LogP contribution in [0.4, 0.5) is 13.2 Å². The molecular formula is C14H17F3O2. The fraction of sp³-hybridized carbons (Fsp3) is 0.500. The van der Waals surface area contributed by atoms with Crippen molar-refractivity contribution >= 4 is 5.78 Å². The van der Waals surface area contributed by atoms with Crippen molar-refractivity contribution in [3.05, 3.63) is 35.4 Å². The van der Waals surface area contributed by atoms with Crippen molar-refractivity contribution in [1.82, 2.24) is 0 Å². The van der Waals surface area contributed by atoms with Crippen LogP contribution in [0.1, 0.15) is 54.6 Å². The molecule has 106 valence electrons. The summed E-state index contributed by atoms with van der Waals surface area (Å²) in [5.41, 5.74) is 1.09. The molecule has 0 radical (unpaired) electrons. The molecule has 1 unspecified atom stereocenters. The number of alkyl halides is 3. The molecule has 0 aromatic heterocycles. The number of benzene rings is 1. The Labute approximate surface area is 110 Å². The van der Waals surface area contributed by atoms with Crippen LogP contribution in [0.2, 0.25) is 0 Å². The van der Waals surface area contributed by atoms with Gasteiger partial charge in [-0.1, -0.05) is 31.2 Å². The Balaban J connectivity index is 2.53. The molecule has 0 spiro atoms. The van der Waals surface area contributed by atoms with Gasteiger partial charge in [0.1, 0.15) is 0 Å². The molecule has 0 aliphatic rings. The number of hydrogen-bond acceptors (Lipinski definition) is 2. The highest BCUT2D eigenvalue weighted by Gasteiger charge is 2.26. The van der Waals surface area contributed by atoms with Crippen molar-refractivity contribution in [3.8, 4) is 0 Å². The molecule has 0 bridgehead atoms. The zero-order valence-corrected chi connectivity index (χ0v) is 10.7. The molecule has 1 atom stereocenters. The molecule has 0 amide bonds. The molecule has 0 saturated heterocycles. The number of carbonyl (C=O) groups excluding carboxylic acids is 1. The molecule has 1 N–H and O–H groups in total. The molecule has 0 heterocycles. The highest BCUT2D eigenvalue weighted by molar-refractivity contribution is 5.95. The van der Waals surface area contributed by atoms with Gasteiger partial charge in [-0.2, -0.15) is 13.2 Å². The van der Waals surface area contributed by atoms with E-state index in [1.165, 1.54) is 0 Å². The third-order valence-electron chi connectivity index (χ3n) is 2.88. The minimum Gasteiger partial charge on any atom is -0.388 e. The van der Waals surface area contributed by atoms with Gasteiger partial charge in [0.25, 0.3) is 0 Å². The lowest BCUT2D eigenvalue weighted by molar-refractivity contribution is -0.136. The minimum atomic E-state index is -4.18. The zero-order chi connectivity index (χ0) is 14.5. The highest BCUT2D eigenvalue weighted by Crippen LogP contribution is 2.26. The predicted octanol–water partition coefficient (Wildman–Crippen LogP) is 4.05. The Morgan fingerprint density at radius 2 is 1.84 bits per heavy atom. The molecule has 0 fully saturated rings. The Bertz CT molecular complexity index is 410. The van der Waals surface area contributed by atoms with Crippen molar-refractivity contribution in [3.63, 3.8) is 0 Å². The van der Waals surface area contributed by atoms with E-state index in [0.29, 0.717) is 17.5 Å². The van der Waals surface area contributed by atoms with Gasteiger partial charge in [-0.15, -0.1) is 0 Å². The average molecular weight is 274 g/mol. The number of Topliss-reactive ketones (excluding diaryl/α,β-unsaturated/α-hetero) is 1. The predicted molar refractivity (Wildman–Crippen MR) is 65.9 cm³/mol. The van der Waals surface area contributed by atoms with E-state index in [1.54, 1.807) is 31.2 Å². The van der Waals surface area contributed by atoms with Crippen LogP contribution in [0.3, 0.4) is 0 Å². The lowest BCUT2D eigenvalue weighted by atomic mass is 10.0. The van der Waals surface area contributed by atoms with Crippen molar-refractivity contribution in [2.45, 2.75) is 44.9 Å². The molecule has 1 aromatic rings. The standard InChI is InChI=1S/C14H17F3O2/c1-2-12(18)10-5-7-11(8-6-10)13(19)4-3-9-14(15,16)17/h5-8,13,19H,2-4,9H2,1H3. The molecule has 2 nitrogen and oxygen atoms in total. The first-order chi connectivity index (χ1) is 8.83. The van der Waals surface area contributed by atoms with E-state index in [9.17, 15) is 23.1 Å².